The number of benzene rings is 1. The highest BCUT2D eigenvalue weighted by atomic mass is 14.9. The second-order valence-electron chi connectivity index (χ2n) is 4.55. The van der Waals surface area contributed by atoms with Gasteiger partial charge in [0.15, 0.2) is 0 Å². The highest BCUT2D eigenvalue weighted by molar-refractivity contribution is 5.50. The van der Waals surface area contributed by atoms with E-state index in [1.807, 2.05) is 24.5 Å². The lowest BCUT2D eigenvalue weighted by atomic mass is 10.1. The fraction of sp³-hybridized carbons (Fsp3) is 0.267. The third-order valence-corrected chi connectivity index (χ3v) is 3.34. The molecule has 1 aliphatic rings. The molecule has 1 heterocycles. The van der Waals surface area contributed by atoms with E-state index in [2.05, 4.69) is 28.5 Å². The number of hydrogen-bond acceptors (Lipinski definition) is 2. The lowest BCUT2D eigenvalue weighted by Crippen LogP contribution is -1.99. The normalized spacial score (nSPS) is 13.4. The Balaban J connectivity index is 1.70. The highest BCUT2D eigenvalue weighted by Gasteiger charge is 2.10. The minimum atomic E-state index is 0.862. The van der Waals surface area contributed by atoms with Crippen molar-refractivity contribution in [2.75, 3.05) is 5.32 Å². The number of rotatable bonds is 3. The van der Waals surface area contributed by atoms with Crippen molar-refractivity contribution in [2.24, 2.45) is 0 Å². The van der Waals surface area contributed by atoms with Crippen LogP contribution in [0.15, 0.2) is 42.7 Å². The predicted octanol–water partition coefficient (Wildman–Crippen LogP) is 3.18. The van der Waals surface area contributed by atoms with Crippen LogP contribution in [-0.4, -0.2) is 4.98 Å². The Morgan fingerprint density at radius 1 is 1.00 bits per heavy atom. The zero-order chi connectivity index (χ0) is 11.5. The maximum absolute atomic E-state index is 4.02. The molecule has 1 aromatic heterocycles. The molecule has 0 aliphatic heterocycles. The standard InChI is InChI=1S/C15H16N2/c1-2-13-4-5-15(10-14(13)3-1)17-11-12-6-8-16-9-7-12/h4-10,17H,1-3,11H2. The first-order chi connectivity index (χ1) is 8.42. The van der Waals surface area contributed by atoms with Gasteiger partial charge in [-0.2, -0.15) is 0 Å². The molecule has 1 N–H and O–H groups in total. The summed E-state index contributed by atoms with van der Waals surface area (Å²) in [7, 11) is 0. The van der Waals surface area contributed by atoms with Gasteiger partial charge in [0.2, 0.25) is 0 Å². The molecule has 0 saturated carbocycles. The van der Waals surface area contributed by atoms with Gasteiger partial charge in [-0.15, -0.1) is 0 Å². The molecule has 1 aromatic carbocycles. The van der Waals surface area contributed by atoms with Crippen molar-refractivity contribution in [3.63, 3.8) is 0 Å². The van der Waals surface area contributed by atoms with Gasteiger partial charge in [-0.25, -0.2) is 0 Å². The Morgan fingerprint density at radius 2 is 1.82 bits per heavy atom. The van der Waals surface area contributed by atoms with Crippen molar-refractivity contribution in [2.45, 2.75) is 25.8 Å². The van der Waals surface area contributed by atoms with Crippen LogP contribution in [0, 0.1) is 0 Å². The average molecular weight is 224 g/mol. The summed E-state index contributed by atoms with van der Waals surface area (Å²) in [6.07, 6.45) is 7.46. The summed E-state index contributed by atoms with van der Waals surface area (Å²) in [4.78, 5) is 4.02. The van der Waals surface area contributed by atoms with Crippen molar-refractivity contribution >= 4 is 5.69 Å². The fourth-order valence-electron chi connectivity index (χ4n) is 2.39. The SMILES string of the molecule is c1cc(CNc2ccc3c(c2)CCC3)ccn1. The Bertz CT molecular complexity index is 506. The molecule has 0 unspecified atom stereocenters. The number of nitrogens with one attached hydrogen (secondary N) is 1. The van der Waals surface area contributed by atoms with Gasteiger partial charge in [0, 0.05) is 24.6 Å². The van der Waals surface area contributed by atoms with Crippen LogP contribution >= 0.6 is 0 Å². The number of nitrogens with zero attached hydrogens (tertiary/aromatic N) is 1. The highest BCUT2D eigenvalue weighted by Crippen LogP contribution is 2.25. The maximum Gasteiger partial charge on any atom is 0.0401 e. The first-order valence-corrected chi connectivity index (χ1v) is 6.16. The topological polar surface area (TPSA) is 24.9 Å². The minimum Gasteiger partial charge on any atom is -0.381 e. The Kier molecular flexibility index (Phi) is 2.78. The lowest BCUT2D eigenvalue weighted by Gasteiger charge is -2.08. The largest absolute Gasteiger partial charge is 0.381 e. The number of fused-ring (bicyclic) bond motifs is 1. The van der Waals surface area contributed by atoms with E-state index in [0.717, 1.165) is 6.54 Å². The van der Waals surface area contributed by atoms with Crippen LogP contribution in [0.4, 0.5) is 5.69 Å². The molecule has 0 atom stereocenters. The summed E-state index contributed by atoms with van der Waals surface area (Å²) < 4.78 is 0. The van der Waals surface area contributed by atoms with Gasteiger partial charge < -0.3 is 5.32 Å². The molecule has 2 nitrogen and oxygen atoms in total. The van der Waals surface area contributed by atoms with E-state index in [-0.39, 0.29) is 0 Å². The molecule has 0 radical (unpaired) electrons. The van der Waals surface area contributed by atoms with Crippen molar-refractivity contribution in [1.29, 1.82) is 0 Å². The second-order valence-corrected chi connectivity index (χ2v) is 4.55. The molecule has 0 amide bonds. The monoisotopic (exact) mass is 224 g/mol. The van der Waals surface area contributed by atoms with Gasteiger partial charge in [0.25, 0.3) is 0 Å². The van der Waals surface area contributed by atoms with Crippen LogP contribution in [0.1, 0.15) is 23.1 Å². The van der Waals surface area contributed by atoms with E-state index in [9.17, 15) is 0 Å². The number of hydrogen-bond donors (Lipinski definition) is 1. The van der Waals surface area contributed by atoms with E-state index >= 15 is 0 Å². The fourth-order valence-corrected chi connectivity index (χ4v) is 2.39. The molecule has 1 aliphatic carbocycles. The molecule has 0 saturated heterocycles. The first kappa shape index (κ1) is 10.3. The van der Waals surface area contributed by atoms with Gasteiger partial charge in [-0.05, 0) is 60.2 Å². The third kappa shape index (κ3) is 2.31. The summed E-state index contributed by atoms with van der Waals surface area (Å²) >= 11 is 0. The molecule has 2 heteroatoms. The van der Waals surface area contributed by atoms with Crippen molar-refractivity contribution in [1.82, 2.24) is 4.98 Å². The third-order valence-electron chi connectivity index (χ3n) is 3.34. The smallest absolute Gasteiger partial charge is 0.0401 e. The Morgan fingerprint density at radius 3 is 2.71 bits per heavy atom. The quantitative estimate of drug-likeness (QED) is 0.866. The molecule has 86 valence electrons. The maximum atomic E-state index is 4.02. The summed E-state index contributed by atoms with van der Waals surface area (Å²) in [6, 6.07) is 10.8. The zero-order valence-corrected chi connectivity index (χ0v) is 9.82. The zero-order valence-electron chi connectivity index (χ0n) is 9.82. The molecule has 17 heavy (non-hydrogen) atoms. The summed E-state index contributed by atoms with van der Waals surface area (Å²) in [5.74, 6) is 0. The molecule has 2 aromatic rings. The van der Waals surface area contributed by atoms with E-state index in [1.165, 1.54) is 41.6 Å². The van der Waals surface area contributed by atoms with E-state index in [4.69, 9.17) is 0 Å². The van der Waals surface area contributed by atoms with Crippen LogP contribution in [0.2, 0.25) is 0 Å². The van der Waals surface area contributed by atoms with Crippen molar-refractivity contribution in [3.05, 3.63) is 59.4 Å². The molecule has 0 spiro atoms. The number of aryl methyl sites for hydroxylation is 2. The van der Waals surface area contributed by atoms with E-state index in [0.29, 0.717) is 0 Å². The van der Waals surface area contributed by atoms with Gasteiger partial charge in [0.05, 0.1) is 0 Å². The van der Waals surface area contributed by atoms with E-state index < -0.39 is 0 Å². The van der Waals surface area contributed by atoms with Crippen LogP contribution in [0.3, 0.4) is 0 Å². The first-order valence-electron chi connectivity index (χ1n) is 6.16. The molecular weight excluding hydrogens is 208 g/mol. The van der Waals surface area contributed by atoms with Gasteiger partial charge in [-0.3, -0.25) is 4.98 Å². The minimum absolute atomic E-state index is 0.862. The molecular formula is C15H16N2. The van der Waals surface area contributed by atoms with Gasteiger partial charge in [0.1, 0.15) is 0 Å². The van der Waals surface area contributed by atoms with Gasteiger partial charge in [-0.1, -0.05) is 6.07 Å². The van der Waals surface area contributed by atoms with Crippen molar-refractivity contribution < 1.29 is 0 Å². The Labute approximate surface area is 102 Å². The van der Waals surface area contributed by atoms with Gasteiger partial charge >= 0.3 is 0 Å². The number of anilines is 1. The Hall–Kier alpha value is -1.83. The molecule has 0 fully saturated rings. The summed E-state index contributed by atoms with van der Waals surface area (Å²) in [5.41, 5.74) is 5.53. The van der Waals surface area contributed by atoms with Crippen molar-refractivity contribution in [3.8, 4) is 0 Å². The summed E-state index contributed by atoms with van der Waals surface area (Å²) in [5, 5.41) is 3.46. The van der Waals surface area contributed by atoms with Crippen LogP contribution < -0.4 is 5.32 Å². The van der Waals surface area contributed by atoms with Crippen LogP contribution in [-0.2, 0) is 19.4 Å². The lowest BCUT2D eigenvalue weighted by molar-refractivity contribution is 0.912. The molecule has 0 bridgehead atoms. The van der Waals surface area contributed by atoms with E-state index in [1.54, 1.807) is 0 Å². The average Bonchev–Trinajstić information content (AvgIpc) is 2.85. The number of pyridine rings is 1. The van der Waals surface area contributed by atoms with Crippen LogP contribution in [0.5, 0.6) is 0 Å². The number of aromatic nitrogens is 1. The predicted molar refractivity (Wildman–Crippen MR) is 70.0 cm³/mol. The van der Waals surface area contributed by atoms with Crippen LogP contribution in [0.25, 0.3) is 0 Å². The molecule has 3 rings (SSSR count). The second kappa shape index (κ2) is 4.58. The summed E-state index contributed by atoms with van der Waals surface area (Å²) in [6.45, 7) is 0.862.